The van der Waals surface area contributed by atoms with E-state index in [1.165, 1.54) is 0 Å². The van der Waals surface area contributed by atoms with E-state index in [0.717, 1.165) is 56.8 Å². The highest BCUT2D eigenvalue weighted by molar-refractivity contribution is 7.80. The first kappa shape index (κ1) is 30.8. The van der Waals surface area contributed by atoms with E-state index in [9.17, 15) is 4.79 Å². The third-order valence-corrected chi connectivity index (χ3v) is 8.63. The molecule has 8 nitrogen and oxygen atoms in total. The van der Waals surface area contributed by atoms with E-state index < -0.39 is 0 Å². The van der Waals surface area contributed by atoms with Crippen LogP contribution in [0.25, 0.3) is 11.0 Å². The summed E-state index contributed by atoms with van der Waals surface area (Å²) >= 11 is 5.70. The smallest absolute Gasteiger partial charge is 0.258 e. The number of thiocarbonyl (C=S) groups is 1. The lowest BCUT2D eigenvalue weighted by Gasteiger charge is -2.23. The number of nitrogens with zero attached hydrogens (tertiary/aromatic N) is 4. The number of benzene rings is 3. The zero-order valence-corrected chi connectivity index (χ0v) is 26.2. The van der Waals surface area contributed by atoms with Crippen LogP contribution >= 0.6 is 12.2 Å². The van der Waals surface area contributed by atoms with E-state index in [4.69, 9.17) is 34.1 Å². The summed E-state index contributed by atoms with van der Waals surface area (Å²) in [6.07, 6.45) is 11.8. The van der Waals surface area contributed by atoms with Gasteiger partial charge in [-0.25, -0.2) is 4.98 Å². The lowest BCUT2D eigenvalue weighted by atomic mass is 10.0. The predicted octanol–water partition coefficient (Wildman–Crippen LogP) is 6.06. The van der Waals surface area contributed by atoms with E-state index in [1.54, 1.807) is 17.3 Å². The third kappa shape index (κ3) is 6.86. The molecular weight excluding hydrogens is 591 g/mol. The van der Waals surface area contributed by atoms with Crippen LogP contribution in [0.3, 0.4) is 0 Å². The van der Waals surface area contributed by atoms with Crippen molar-refractivity contribution >= 4 is 45.5 Å². The number of pyridine rings is 1. The number of allylic oxidation sites excluding steroid dienone is 4. The number of imidazole rings is 1. The summed E-state index contributed by atoms with van der Waals surface area (Å²) < 4.78 is 2.21. The molecule has 5 aromatic rings. The Morgan fingerprint density at radius 3 is 2.39 bits per heavy atom. The number of hydrogen-bond donors (Lipinski definition) is 3. The van der Waals surface area contributed by atoms with Crippen molar-refractivity contribution in [3.63, 3.8) is 0 Å². The molecule has 0 aliphatic heterocycles. The van der Waals surface area contributed by atoms with E-state index in [1.807, 2.05) is 84.9 Å². The Balaban J connectivity index is 1.34. The molecule has 0 atom stereocenters. The van der Waals surface area contributed by atoms with Crippen molar-refractivity contribution in [1.82, 2.24) is 14.5 Å². The van der Waals surface area contributed by atoms with Crippen LogP contribution in [0, 0.1) is 5.41 Å². The third-order valence-electron chi connectivity index (χ3n) is 8.20. The predicted molar refractivity (Wildman–Crippen MR) is 188 cm³/mol. The van der Waals surface area contributed by atoms with Crippen molar-refractivity contribution in [1.29, 1.82) is 5.41 Å². The fourth-order valence-electron chi connectivity index (χ4n) is 5.59. The van der Waals surface area contributed by atoms with Crippen LogP contribution < -0.4 is 16.4 Å². The number of aromatic nitrogens is 3. The van der Waals surface area contributed by atoms with E-state index in [0.29, 0.717) is 42.9 Å². The number of anilines is 1. The molecule has 0 spiro atoms. The van der Waals surface area contributed by atoms with Gasteiger partial charge < -0.3 is 20.9 Å². The largest absolute Gasteiger partial charge is 0.384 e. The number of fused-ring (bicyclic) bond motifs is 1. The van der Waals surface area contributed by atoms with Gasteiger partial charge in [0.1, 0.15) is 11.7 Å². The Kier molecular flexibility index (Phi) is 9.23. The zero-order valence-electron chi connectivity index (χ0n) is 25.4. The molecule has 9 heteroatoms. The van der Waals surface area contributed by atoms with Gasteiger partial charge in [0.15, 0.2) is 0 Å². The van der Waals surface area contributed by atoms with E-state index in [2.05, 4.69) is 21.7 Å². The SMILES string of the molecule is N=C(N)c1ccc(CCc2nc3cc(C(=O)N(Cc4ccc(CN)cc4)c4cccnc4)ccc3n2CC2=CC=CCC2=S)cc1. The van der Waals surface area contributed by atoms with Crippen molar-refractivity contribution < 1.29 is 4.79 Å². The molecular formula is C37H35N7OS. The summed E-state index contributed by atoms with van der Waals surface area (Å²) in [5.74, 6) is 0.828. The van der Waals surface area contributed by atoms with Crippen LogP contribution in [0.5, 0.6) is 0 Å². The number of nitrogens with one attached hydrogen (secondary N) is 1. The minimum absolute atomic E-state index is 0.0519. The van der Waals surface area contributed by atoms with Crippen LogP contribution in [-0.4, -0.2) is 31.1 Å². The van der Waals surface area contributed by atoms with Crippen LogP contribution in [-0.2, 0) is 32.5 Å². The highest BCUT2D eigenvalue weighted by atomic mass is 32.1. The number of hydrogen-bond acceptors (Lipinski definition) is 6. The Morgan fingerprint density at radius 2 is 1.70 bits per heavy atom. The van der Waals surface area contributed by atoms with Gasteiger partial charge in [0.2, 0.25) is 0 Å². The van der Waals surface area contributed by atoms with Gasteiger partial charge >= 0.3 is 0 Å². The van der Waals surface area contributed by atoms with Gasteiger partial charge in [-0.3, -0.25) is 15.2 Å². The molecule has 1 aliphatic carbocycles. The zero-order chi connectivity index (χ0) is 32.0. The lowest BCUT2D eigenvalue weighted by molar-refractivity contribution is 0.0985. The molecule has 5 N–H and O–H groups in total. The average Bonchev–Trinajstić information content (AvgIpc) is 3.44. The van der Waals surface area contributed by atoms with Crippen LogP contribution in [0.1, 0.15) is 44.9 Å². The summed E-state index contributed by atoms with van der Waals surface area (Å²) in [6, 6.07) is 25.2. The van der Waals surface area contributed by atoms with Crippen molar-refractivity contribution in [3.8, 4) is 0 Å². The Labute approximate surface area is 273 Å². The molecule has 1 aliphatic rings. The molecule has 2 aromatic heterocycles. The number of carbonyl (C=O) groups excluding carboxylic acids is 1. The normalized spacial score (nSPS) is 12.7. The summed E-state index contributed by atoms with van der Waals surface area (Å²) in [5.41, 5.74) is 19.3. The topological polar surface area (TPSA) is 127 Å². The maximum Gasteiger partial charge on any atom is 0.258 e. The fraction of sp³-hybridized carbons (Fsp3) is 0.162. The molecule has 46 heavy (non-hydrogen) atoms. The van der Waals surface area contributed by atoms with Crippen molar-refractivity contribution in [2.45, 2.75) is 38.9 Å². The van der Waals surface area contributed by atoms with Gasteiger partial charge in [-0.1, -0.05) is 79.0 Å². The quantitative estimate of drug-likeness (QED) is 0.0930. The monoisotopic (exact) mass is 625 g/mol. The number of nitrogen functional groups attached to an aromatic ring is 1. The van der Waals surface area contributed by atoms with Gasteiger partial charge in [0.25, 0.3) is 5.91 Å². The lowest BCUT2D eigenvalue weighted by Crippen LogP contribution is -2.30. The van der Waals surface area contributed by atoms with Gasteiger partial charge in [0.05, 0.1) is 36.0 Å². The first-order valence-corrected chi connectivity index (χ1v) is 15.6. The minimum atomic E-state index is -0.138. The molecule has 0 unspecified atom stereocenters. The molecule has 0 radical (unpaired) electrons. The second kappa shape index (κ2) is 13.8. The summed E-state index contributed by atoms with van der Waals surface area (Å²) in [4.78, 5) is 26.1. The van der Waals surface area contributed by atoms with Crippen molar-refractivity contribution in [2.24, 2.45) is 11.5 Å². The number of nitrogens with two attached hydrogens (primary N) is 2. The number of amidine groups is 1. The Hall–Kier alpha value is -5.25. The Bertz CT molecular complexity index is 1960. The maximum atomic E-state index is 14.1. The Morgan fingerprint density at radius 1 is 0.957 bits per heavy atom. The number of aryl methyl sites for hydroxylation is 2. The van der Waals surface area contributed by atoms with Gasteiger partial charge in [-0.15, -0.1) is 0 Å². The number of carbonyl (C=O) groups is 1. The molecule has 0 bridgehead atoms. The molecule has 2 heterocycles. The second-order valence-electron chi connectivity index (χ2n) is 11.3. The van der Waals surface area contributed by atoms with Crippen molar-refractivity contribution in [3.05, 3.63) is 149 Å². The maximum absolute atomic E-state index is 14.1. The van der Waals surface area contributed by atoms with E-state index >= 15 is 0 Å². The van der Waals surface area contributed by atoms with E-state index in [-0.39, 0.29) is 11.7 Å². The molecule has 0 saturated heterocycles. The summed E-state index contributed by atoms with van der Waals surface area (Å²) in [7, 11) is 0. The second-order valence-corrected chi connectivity index (χ2v) is 11.8. The van der Waals surface area contributed by atoms with Crippen LogP contribution in [0.15, 0.2) is 115 Å². The summed E-state index contributed by atoms with van der Waals surface area (Å²) in [6.45, 7) is 1.45. The average molecular weight is 626 g/mol. The van der Waals surface area contributed by atoms with Gasteiger partial charge in [-0.05, 0) is 59.0 Å². The molecule has 0 fully saturated rings. The first-order chi connectivity index (χ1) is 22.4. The number of rotatable bonds is 11. The standard InChI is InChI=1S/C37H35N7OS/c38-21-26-7-9-27(10-8-26)23-43(31-5-3-19-41-22-31)37(45)29-16-17-33-32(20-29)42-35(44(33)24-30-4-1-2-6-34(30)46)18-13-25-11-14-28(15-12-25)36(39)40/h1-5,7-12,14-17,19-20,22H,6,13,18,21,23-24,38H2,(H3,39,40). The highest BCUT2D eigenvalue weighted by Gasteiger charge is 2.21. The summed E-state index contributed by atoms with van der Waals surface area (Å²) in [5, 5.41) is 7.67. The fourth-order valence-corrected chi connectivity index (χ4v) is 5.82. The van der Waals surface area contributed by atoms with Gasteiger partial charge in [-0.2, -0.15) is 0 Å². The molecule has 1 amide bonds. The van der Waals surface area contributed by atoms with Crippen LogP contribution in [0.2, 0.25) is 0 Å². The molecule has 230 valence electrons. The first-order valence-electron chi connectivity index (χ1n) is 15.2. The van der Waals surface area contributed by atoms with Gasteiger partial charge in [0, 0.05) is 41.6 Å². The molecule has 6 rings (SSSR count). The molecule has 3 aromatic carbocycles. The van der Waals surface area contributed by atoms with Crippen molar-refractivity contribution in [2.75, 3.05) is 4.90 Å². The minimum Gasteiger partial charge on any atom is -0.384 e. The highest BCUT2D eigenvalue weighted by Crippen LogP contribution is 2.26. The van der Waals surface area contributed by atoms with Crippen LogP contribution in [0.4, 0.5) is 5.69 Å². The molecule has 0 saturated carbocycles. The number of amides is 1.